The van der Waals surface area contributed by atoms with Gasteiger partial charge in [-0.15, -0.1) is 26.3 Å². The Kier molecular flexibility index (Phi) is 13.5. The number of fused-ring (bicyclic) bond motifs is 4. The average Bonchev–Trinajstić information content (AvgIpc) is 3.84. The van der Waals surface area contributed by atoms with Crippen LogP contribution in [-0.2, 0) is 22.2 Å². The van der Waals surface area contributed by atoms with Crippen LogP contribution in [0, 0.1) is 11.8 Å². The van der Waals surface area contributed by atoms with Gasteiger partial charge in [0.05, 0.1) is 24.8 Å². The lowest BCUT2D eigenvalue weighted by Crippen LogP contribution is -2.68. The lowest BCUT2D eigenvalue weighted by Gasteiger charge is -2.55. The topological polar surface area (TPSA) is 124 Å². The minimum absolute atomic E-state index is 0.00305. The molecule has 2 fully saturated rings. The number of aliphatic hydroxyl groups is 1. The van der Waals surface area contributed by atoms with E-state index in [1.807, 2.05) is 52.6 Å². The Morgan fingerprint density at radius 2 is 1.65 bits per heavy atom. The van der Waals surface area contributed by atoms with Crippen LogP contribution in [0.1, 0.15) is 118 Å². The number of ether oxygens (including phenoxy) is 3. The van der Waals surface area contributed by atoms with Crippen LogP contribution in [0.5, 0.6) is 17.4 Å². The molecule has 330 valence electrons. The van der Waals surface area contributed by atoms with E-state index in [1.165, 1.54) is 6.07 Å². The molecule has 0 radical (unpaired) electrons. The standard InChI is InChI=1S/C45H62F3N3O8Si/c1-10-14-22-55-32-26-29(27-50-20-16-17-21-50)38(57-45(46,47)48)30-24-28-25-31-36(51(18-12-3)19-13-4)39-35(42(49-58-39)56-23-15-11-2)41(54)44(31,59-60(8,9)43(5,6)7)40(53)33(28)37(52)34(30)32/h12-13,26,28,31,36,52H,3-4,10-11,14-25,27H2,1-2,5-9H3/t28-,31-,36-,44-/m0/s1. The van der Waals surface area contributed by atoms with Crippen molar-refractivity contribution in [3.63, 3.8) is 0 Å². The highest BCUT2D eigenvalue weighted by atomic mass is 28.4. The summed E-state index contributed by atoms with van der Waals surface area (Å²) in [6.07, 6.45) is 3.07. The number of Topliss-reactive ketones (excluding diaryl/α,β-unsaturated/α-hetero) is 2. The van der Waals surface area contributed by atoms with Gasteiger partial charge in [0.25, 0.3) is 5.88 Å². The predicted octanol–water partition coefficient (Wildman–Crippen LogP) is 9.93. The number of carbonyl (C=O) groups is 2. The van der Waals surface area contributed by atoms with Gasteiger partial charge < -0.3 is 28.3 Å². The third-order valence-corrected chi connectivity index (χ3v) is 17.4. The number of aliphatic hydroxyl groups excluding tert-OH is 1. The summed E-state index contributed by atoms with van der Waals surface area (Å²) in [6, 6.07) is 0.695. The second kappa shape index (κ2) is 17.8. The second-order valence-electron chi connectivity index (χ2n) is 18.1. The van der Waals surface area contributed by atoms with Crippen molar-refractivity contribution in [3.8, 4) is 17.4 Å². The smallest absolute Gasteiger partial charge is 0.507 e. The van der Waals surface area contributed by atoms with Gasteiger partial charge in [-0.2, -0.15) is 0 Å². The third kappa shape index (κ3) is 8.47. The Hall–Kier alpha value is -3.92. The minimum atomic E-state index is -5.05. The Balaban J connectivity index is 1.65. The zero-order valence-corrected chi connectivity index (χ0v) is 37.3. The molecule has 11 nitrogen and oxygen atoms in total. The number of hydrogen-bond donors (Lipinski definition) is 1. The number of hydrogen-bond acceptors (Lipinski definition) is 11. The van der Waals surface area contributed by atoms with Crippen molar-refractivity contribution in [2.75, 3.05) is 39.4 Å². The fourth-order valence-corrected chi connectivity index (χ4v) is 10.5. The Labute approximate surface area is 353 Å². The summed E-state index contributed by atoms with van der Waals surface area (Å²) in [7, 11) is -3.06. The summed E-state index contributed by atoms with van der Waals surface area (Å²) in [5.41, 5.74) is -1.93. The fraction of sp³-hybridized carbons (Fsp3) is 0.622. The highest BCUT2D eigenvalue weighted by Crippen LogP contribution is 2.60. The molecular weight excluding hydrogens is 796 g/mol. The molecule has 2 heterocycles. The number of aromatic nitrogens is 1. The number of halogens is 3. The lowest BCUT2D eigenvalue weighted by molar-refractivity contribution is -0.275. The molecule has 15 heteroatoms. The third-order valence-electron chi connectivity index (χ3n) is 13.0. The first-order chi connectivity index (χ1) is 28.3. The molecule has 1 aromatic heterocycles. The van der Waals surface area contributed by atoms with Gasteiger partial charge in [-0.25, -0.2) is 0 Å². The van der Waals surface area contributed by atoms with E-state index in [0.717, 1.165) is 38.8 Å². The van der Waals surface area contributed by atoms with E-state index in [4.69, 9.17) is 23.2 Å². The maximum atomic E-state index is 16.0. The van der Waals surface area contributed by atoms with Gasteiger partial charge in [-0.1, -0.05) is 59.6 Å². The summed E-state index contributed by atoms with van der Waals surface area (Å²) in [5.74, 6) is -3.83. The Morgan fingerprint density at radius 3 is 2.23 bits per heavy atom. The van der Waals surface area contributed by atoms with Gasteiger partial charge in [0, 0.05) is 42.3 Å². The van der Waals surface area contributed by atoms with E-state index < -0.39 is 66.3 Å². The van der Waals surface area contributed by atoms with Gasteiger partial charge in [0.2, 0.25) is 11.6 Å². The first-order valence-corrected chi connectivity index (χ1v) is 24.4. The largest absolute Gasteiger partial charge is 0.573 e. The number of alkyl halides is 3. The van der Waals surface area contributed by atoms with Gasteiger partial charge in [0.15, 0.2) is 19.7 Å². The van der Waals surface area contributed by atoms with Crippen LogP contribution in [0.2, 0.25) is 18.1 Å². The second-order valence-corrected chi connectivity index (χ2v) is 22.8. The van der Waals surface area contributed by atoms with Crippen LogP contribution in [0.3, 0.4) is 0 Å². The molecule has 1 aliphatic heterocycles. The average molecular weight is 858 g/mol. The molecule has 1 saturated carbocycles. The van der Waals surface area contributed by atoms with Crippen LogP contribution in [0.15, 0.2) is 41.5 Å². The van der Waals surface area contributed by atoms with Crippen molar-refractivity contribution in [2.24, 2.45) is 11.8 Å². The van der Waals surface area contributed by atoms with E-state index in [1.54, 1.807) is 12.2 Å². The highest BCUT2D eigenvalue weighted by molar-refractivity contribution is 6.74. The molecule has 0 amide bonds. The Bertz CT molecular complexity index is 1970. The van der Waals surface area contributed by atoms with E-state index in [0.29, 0.717) is 25.9 Å². The summed E-state index contributed by atoms with van der Waals surface area (Å²) >= 11 is 0. The number of benzene rings is 1. The van der Waals surface area contributed by atoms with Crippen molar-refractivity contribution < 1.29 is 51.0 Å². The zero-order chi connectivity index (χ0) is 43.8. The Morgan fingerprint density at radius 1 is 1.02 bits per heavy atom. The molecule has 1 saturated heterocycles. The minimum Gasteiger partial charge on any atom is -0.507 e. The van der Waals surface area contributed by atoms with Crippen LogP contribution >= 0.6 is 0 Å². The predicted molar refractivity (Wildman–Crippen MR) is 225 cm³/mol. The van der Waals surface area contributed by atoms with Gasteiger partial charge in [0.1, 0.15) is 22.8 Å². The number of carbonyl (C=O) groups excluding carboxylic acids is 2. The number of likely N-dealkylation sites (tertiary alicyclic amines) is 1. The number of ketones is 2. The molecule has 0 spiro atoms. The van der Waals surface area contributed by atoms with E-state index in [2.05, 4.69) is 23.2 Å². The van der Waals surface area contributed by atoms with Crippen LogP contribution in [0.25, 0.3) is 5.76 Å². The van der Waals surface area contributed by atoms with Gasteiger partial charge in [-0.3, -0.25) is 19.4 Å². The SMILES string of the molecule is C=CCN(CC=C)[C@@H]1c2onc(OCCCC)c2C(=O)[C@@]2(O[Si](C)(C)C(C)(C)C)C(=O)C3=C(O)c4c(OCCCC)cc(CN5CCCC5)c(OC(F)(F)F)c4C[C@H]3C[C@@H]12. The molecule has 1 N–H and O–H groups in total. The maximum absolute atomic E-state index is 16.0. The van der Waals surface area contributed by atoms with Crippen LogP contribution in [0.4, 0.5) is 13.2 Å². The van der Waals surface area contributed by atoms with E-state index >= 15 is 9.59 Å². The van der Waals surface area contributed by atoms with Gasteiger partial charge in [-0.05, 0) is 86.9 Å². The molecular formula is C45H62F3N3O8Si. The number of unbranched alkanes of at least 4 members (excludes halogenated alkanes) is 2. The van der Waals surface area contributed by atoms with Crippen LogP contribution in [-0.4, -0.2) is 91.3 Å². The van der Waals surface area contributed by atoms with Crippen molar-refractivity contribution in [1.82, 2.24) is 15.0 Å². The van der Waals surface area contributed by atoms with Crippen molar-refractivity contribution in [2.45, 2.75) is 129 Å². The molecule has 0 unspecified atom stereocenters. The molecule has 60 heavy (non-hydrogen) atoms. The van der Waals surface area contributed by atoms with Crippen molar-refractivity contribution >= 4 is 25.6 Å². The monoisotopic (exact) mass is 857 g/mol. The first-order valence-electron chi connectivity index (χ1n) is 21.5. The maximum Gasteiger partial charge on any atom is 0.573 e. The first kappa shape index (κ1) is 45.6. The highest BCUT2D eigenvalue weighted by Gasteiger charge is 2.69. The molecule has 0 bridgehead atoms. The summed E-state index contributed by atoms with van der Waals surface area (Å²) in [5, 5.41) is 16.4. The fourth-order valence-electron chi connectivity index (χ4n) is 9.08. The summed E-state index contributed by atoms with van der Waals surface area (Å²) < 4.78 is 73.9. The van der Waals surface area contributed by atoms with E-state index in [-0.39, 0.29) is 77.8 Å². The summed E-state index contributed by atoms with van der Waals surface area (Å²) in [6.45, 7) is 24.6. The lowest BCUT2D eigenvalue weighted by atomic mass is 9.57. The zero-order valence-electron chi connectivity index (χ0n) is 36.3. The normalized spacial score (nSPS) is 23.3. The molecule has 3 aliphatic carbocycles. The molecule has 1 aromatic carbocycles. The van der Waals surface area contributed by atoms with E-state index in [9.17, 15) is 18.3 Å². The summed E-state index contributed by atoms with van der Waals surface area (Å²) in [4.78, 5) is 35.7. The van der Waals surface area contributed by atoms with Crippen molar-refractivity contribution in [3.05, 3.63) is 65.0 Å². The van der Waals surface area contributed by atoms with Gasteiger partial charge >= 0.3 is 6.36 Å². The molecule has 2 aromatic rings. The van der Waals surface area contributed by atoms with Crippen molar-refractivity contribution in [1.29, 1.82) is 0 Å². The quantitative estimate of drug-likeness (QED) is 0.0667. The number of nitrogens with zero attached hydrogens (tertiary/aromatic N) is 3. The number of rotatable bonds is 18. The van der Waals surface area contributed by atoms with Crippen LogP contribution < -0.4 is 14.2 Å². The molecule has 4 aliphatic rings. The molecule has 4 atom stereocenters. The molecule has 6 rings (SSSR count).